The van der Waals surface area contributed by atoms with Crippen LogP contribution in [0.3, 0.4) is 0 Å². The fourth-order valence-corrected chi connectivity index (χ4v) is 2.12. The van der Waals surface area contributed by atoms with E-state index in [0.717, 1.165) is 36.7 Å². The summed E-state index contributed by atoms with van der Waals surface area (Å²) in [6.07, 6.45) is 4.34. The molecule has 0 saturated carbocycles. The molecule has 0 radical (unpaired) electrons. The third-order valence-corrected chi connectivity index (χ3v) is 3.38. The van der Waals surface area contributed by atoms with Gasteiger partial charge in [-0.25, -0.2) is 9.67 Å². The van der Waals surface area contributed by atoms with E-state index in [2.05, 4.69) is 30.2 Å². The Morgan fingerprint density at radius 2 is 2.11 bits per heavy atom. The van der Waals surface area contributed by atoms with Crippen molar-refractivity contribution in [2.45, 2.75) is 52.7 Å². The van der Waals surface area contributed by atoms with E-state index in [1.807, 2.05) is 23.4 Å². The van der Waals surface area contributed by atoms with Crippen LogP contribution in [0.1, 0.15) is 38.8 Å². The molecule has 0 spiro atoms. The van der Waals surface area contributed by atoms with Gasteiger partial charge in [0.2, 0.25) is 0 Å². The van der Waals surface area contributed by atoms with Crippen molar-refractivity contribution in [3.8, 4) is 0 Å². The summed E-state index contributed by atoms with van der Waals surface area (Å²) in [7, 11) is 0. The summed E-state index contributed by atoms with van der Waals surface area (Å²) in [6.45, 7) is 6.88. The average molecular weight is 271 g/mol. The van der Waals surface area contributed by atoms with Crippen molar-refractivity contribution in [3.05, 3.63) is 11.6 Å². The van der Waals surface area contributed by atoms with Crippen LogP contribution in [0.15, 0.2) is 0 Å². The van der Waals surface area contributed by atoms with Crippen LogP contribution < -0.4 is 0 Å². The minimum Gasteiger partial charge on any atom is -0.391 e. The summed E-state index contributed by atoms with van der Waals surface area (Å²) in [5, 5.41) is 14.3. The van der Waals surface area contributed by atoms with E-state index < -0.39 is 0 Å². The Labute approximate surface area is 114 Å². The molecule has 0 unspecified atom stereocenters. The Morgan fingerprint density at radius 3 is 2.67 bits per heavy atom. The van der Waals surface area contributed by atoms with E-state index in [4.69, 9.17) is 0 Å². The van der Waals surface area contributed by atoms with Gasteiger partial charge < -0.3 is 5.11 Å². The number of hydrogen-bond acceptors (Lipinski definition) is 4. The van der Waals surface area contributed by atoms with Gasteiger partial charge in [-0.05, 0) is 18.6 Å². The number of rotatable bonds is 8. The quantitative estimate of drug-likeness (QED) is 0.787. The van der Waals surface area contributed by atoms with Gasteiger partial charge in [0.05, 0.1) is 12.6 Å². The second-order valence-electron chi connectivity index (χ2n) is 5.03. The van der Waals surface area contributed by atoms with Gasteiger partial charge in [0.1, 0.15) is 5.82 Å². The Balaban J connectivity index is 2.79. The molecule has 1 aromatic rings. The van der Waals surface area contributed by atoms with Gasteiger partial charge >= 0.3 is 0 Å². The lowest BCUT2D eigenvalue weighted by Gasteiger charge is -2.09. The van der Waals surface area contributed by atoms with Crippen LogP contribution in [0.25, 0.3) is 0 Å². The summed E-state index contributed by atoms with van der Waals surface area (Å²) in [5.74, 6) is 3.52. The molecule has 104 valence electrons. The molecule has 1 atom stereocenters. The average Bonchev–Trinajstić information content (AvgIpc) is 2.67. The Bertz CT molecular complexity index is 352. The first-order valence-electron chi connectivity index (χ1n) is 6.66. The summed E-state index contributed by atoms with van der Waals surface area (Å²) in [4.78, 5) is 4.60. The van der Waals surface area contributed by atoms with E-state index in [9.17, 15) is 5.11 Å². The number of aliphatic hydroxyl groups is 1. The Morgan fingerprint density at radius 1 is 1.39 bits per heavy atom. The van der Waals surface area contributed by atoms with Crippen molar-refractivity contribution < 1.29 is 5.11 Å². The van der Waals surface area contributed by atoms with E-state index in [-0.39, 0.29) is 6.10 Å². The van der Waals surface area contributed by atoms with Crippen LogP contribution in [-0.4, -0.2) is 38.0 Å². The lowest BCUT2D eigenvalue weighted by molar-refractivity contribution is 0.143. The van der Waals surface area contributed by atoms with E-state index in [1.165, 1.54) is 0 Å². The molecule has 0 aliphatic heterocycles. The highest BCUT2D eigenvalue weighted by atomic mass is 32.2. The molecule has 1 N–H and O–H groups in total. The van der Waals surface area contributed by atoms with Crippen LogP contribution in [0.2, 0.25) is 0 Å². The predicted molar refractivity (Wildman–Crippen MR) is 76.9 cm³/mol. The molecule has 0 fully saturated rings. The summed E-state index contributed by atoms with van der Waals surface area (Å²) < 4.78 is 1.89. The molecule has 5 heteroatoms. The molecular weight excluding hydrogens is 246 g/mol. The first-order chi connectivity index (χ1) is 8.56. The molecule has 0 aliphatic carbocycles. The molecular formula is C13H25N3OS. The number of aryl methyl sites for hydroxylation is 1. The molecule has 0 bridgehead atoms. The van der Waals surface area contributed by atoms with Gasteiger partial charge in [-0.2, -0.15) is 16.9 Å². The number of aliphatic hydroxyl groups excluding tert-OH is 1. The normalized spacial score (nSPS) is 13.2. The fourth-order valence-electron chi connectivity index (χ4n) is 1.73. The van der Waals surface area contributed by atoms with Gasteiger partial charge in [0.15, 0.2) is 5.82 Å². The summed E-state index contributed by atoms with van der Waals surface area (Å²) >= 11 is 1.81. The van der Waals surface area contributed by atoms with Gasteiger partial charge in [-0.15, -0.1) is 0 Å². The lowest BCUT2D eigenvalue weighted by Crippen LogP contribution is -2.18. The molecule has 1 rings (SSSR count). The SMILES string of the molecule is CC[C@@H](O)Cn1nc(CC(C)C)nc1CCSC. The maximum absolute atomic E-state index is 9.76. The highest BCUT2D eigenvalue weighted by molar-refractivity contribution is 7.98. The van der Waals surface area contributed by atoms with Crippen molar-refractivity contribution in [2.24, 2.45) is 5.92 Å². The van der Waals surface area contributed by atoms with Crippen LogP contribution >= 0.6 is 11.8 Å². The lowest BCUT2D eigenvalue weighted by atomic mass is 10.1. The molecule has 4 nitrogen and oxygen atoms in total. The highest BCUT2D eigenvalue weighted by Crippen LogP contribution is 2.09. The zero-order chi connectivity index (χ0) is 13.5. The standard InChI is InChI=1S/C13H25N3OS/c1-5-11(17)9-16-13(6-7-18-4)14-12(15-16)8-10(2)3/h10-11,17H,5-9H2,1-4H3/t11-/m1/s1. The second kappa shape index (κ2) is 7.79. The zero-order valence-corrected chi connectivity index (χ0v) is 12.7. The first kappa shape index (κ1) is 15.5. The third-order valence-electron chi connectivity index (χ3n) is 2.77. The van der Waals surface area contributed by atoms with Crippen molar-refractivity contribution >= 4 is 11.8 Å². The summed E-state index contributed by atoms with van der Waals surface area (Å²) in [5.41, 5.74) is 0. The molecule has 18 heavy (non-hydrogen) atoms. The second-order valence-corrected chi connectivity index (χ2v) is 6.01. The Hall–Kier alpha value is -0.550. The number of thioether (sulfide) groups is 1. The topological polar surface area (TPSA) is 50.9 Å². The van der Waals surface area contributed by atoms with Crippen molar-refractivity contribution in [1.29, 1.82) is 0 Å². The Kier molecular flexibility index (Phi) is 6.71. The van der Waals surface area contributed by atoms with Gasteiger partial charge in [-0.1, -0.05) is 20.8 Å². The van der Waals surface area contributed by atoms with E-state index in [0.29, 0.717) is 12.5 Å². The third kappa shape index (κ3) is 4.98. The van der Waals surface area contributed by atoms with Crippen LogP contribution in [-0.2, 0) is 19.4 Å². The number of hydrogen-bond donors (Lipinski definition) is 1. The van der Waals surface area contributed by atoms with Crippen molar-refractivity contribution in [1.82, 2.24) is 14.8 Å². The number of nitrogens with zero attached hydrogens (tertiary/aromatic N) is 3. The zero-order valence-electron chi connectivity index (χ0n) is 11.9. The minimum atomic E-state index is -0.327. The summed E-state index contributed by atoms with van der Waals surface area (Å²) in [6, 6.07) is 0. The highest BCUT2D eigenvalue weighted by Gasteiger charge is 2.13. The van der Waals surface area contributed by atoms with Gasteiger partial charge in [0, 0.05) is 18.6 Å². The fraction of sp³-hybridized carbons (Fsp3) is 0.846. The largest absolute Gasteiger partial charge is 0.391 e. The molecule has 1 aromatic heterocycles. The van der Waals surface area contributed by atoms with E-state index >= 15 is 0 Å². The van der Waals surface area contributed by atoms with Crippen LogP contribution in [0.5, 0.6) is 0 Å². The molecule has 0 aromatic carbocycles. The van der Waals surface area contributed by atoms with Crippen molar-refractivity contribution in [3.63, 3.8) is 0 Å². The minimum absolute atomic E-state index is 0.327. The monoisotopic (exact) mass is 271 g/mol. The first-order valence-corrected chi connectivity index (χ1v) is 8.05. The van der Waals surface area contributed by atoms with E-state index in [1.54, 1.807) is 0 Å². The molecule has 0 aliphatic rings. The predicted octanol–water partition coefficient (Wildman–Crippen LogP) is 2.15. The molecule has 1 heterocycles. The van der Waals surface area contributed by atoms with Gasteiger partial charge in [-0.3, -0.25) is 0 Å². The van der Waals surface area contributed by atoms with Crippen molar-refractivity contribution in [2.75, 3.05) is 12.0 Å². The van der Waals surface area contributed by atoms with Gasteiger partial charge in [0.25, 0.3) is 0 Å². The molecule has 0 amide bonds. The maximum Gasteiger partial charge on any atom is 0.151 e. The number of aromatic nitrogens is 3. The van der Waals surface area contributed by atoms with Crippen LogP contribution in [0.4, 0.5) is 0 Å². The van der Waals surface area contributed by atoms with Crippen LogP contribution in [0, 0.1) is 5.92 Å². The molecule has 0 saturated heterocycles. The smallest absolute Gasteiger partial charge is 0.151 e. The maximum atomic E-state index is 9.76.